The number of carbonyl (C=O) groups excluding carboxylic acids is 1. The van der Waals surface area contributed by atoms with Crippen LogP contribution in [0.5, 0.6) is 0 Å². The summed E-state index contributed by atoms with van der Waals surface area (Å²) in [7, 11) is 1.53. The molecule has 1 aromatic carbocycles. The zero-order valence-corrected chi connectivity index (χ0v) is 15.9. The van der Waals surface area contributed by atoms with Gasteiger partial charge >= 0.3 is 11.7 Å². The third-order valence-electron chi connectivity index (χ3n) is 3.97. The molecule has 2 aromatic rings. The Bertz CT molecular complexity index is 1030. The maximum absolute atomic E-state index is 14.5. The van der Waals surface area contributed by atoms with E-state index >= 15 is 0 Å². The first-order chi connectivity index (χ1) is 12.2. The number of thioether (sulfide) groups is 1. The zero-order chi connectivity index (χ0) is 19.2. The Labute approximate surface area is 157 Å². The fraction of sp³-hybridized carbons (Fsp3) is 0.353. The van der Waals surface area contributed by atoms with Gasteiger partial charge in [0.15, 0.2) is 0 Å². The number of fused-ring (bicyclic) bond motifs is 1. The summed E-state index contributed by atoms with van der Waals surface area (Å²) in [6.07, 6.45) is 0.190. The average Bonchev–Trinajstić information content (AvgIpc) is 3.04. The average molecular weight is 399 g/mol. The smallest absolute Gasteiger partial charge is 0.339 e. The van der Waals surface area contributed by atoms with Crippen LogP contribution in [0.2, 0.25) is 5.02 Å². The summed E-state index contributed by atoms with van der Waals surface area (Å²) in [5, 5.41) is -0.155. The summed E-state index contributed by atoms with van der Waals surface area (Å²) in [6, 6.07) is 1.98. The molecule has 3 rings (SSSR count). The first-order valence-corrected chi connectivity index (χ1v) is 9.26. The molecule has 0 N–H and O–H groups in total. The minimum Gasteiger partial charge on any atom is -0.459 e. The van der Waals surface area contributed by atoms with Crippen LogP contribution in [0, 0.1) is 5.82 Å². The van der Waals surface area contributed by atoms with Gasteiger partial charge in [-0.25, -0.2) is 18.5 Å². The molecule has 1 aromatic heterocycles. The molecule has 0 saturated heterocycles. The molecule has 1 aliphatic heterocycles. The van der Waals surface area contributed by atoms with Gasteiger partial charge in [0.2, 0.25) is 0 Å². The Kier molecular flexibility index (Phi) is 4.98. The molecule has 0 spiro atoms. The molecule has 1 aliphatic rings. The highest BCUT2D eigenvalue weighted by Crippen LogP contribution is 2.28. The number of esters is 1. The number of aromatic nitrogens is 2. The summed E-state index contributed by atoms with van der Waals surface area (Å²) < 4.78 is 21.7. The van der Waals surface area contributed by atoms with E-state index in [1.165, 1.54) is 23.4 Å². The molecule has 138 valence electrons. The van der Waals surface area contributed by atoms with Gasteiger partial charge in [0.05, 0.1) is 27.3 Å². The van der Waals surface area contributed by atoms with Crippen LogP contribution in [0.1, 0.15) is 29.9 Å². The Morgan fingerprint density at radius 1 is 1.35 bits per heavy atom. The summed E-state index contributed by atoms with van der Waals surface area (Å²) in [5.41, 5.74) is -1.09. The SMILES string of the molecule is CC(C)OC(=O)c1cc(-n2c(=O)c3c(n(C)c2=O)CCS3)c(F)cc1Cl. The molecule has 0 radical (unpaired) electrons. The van der Waals surface area contributed by atoms with Gasteiger partial charge in [-0.2, -0.15) is 0 Å². The molecule has 0 atom stereocenters. The number of rotatable bonds is 3. The minimum atomic E-state index is -0.877. The normalized spacial score (nSPS) is 13.2. The van der Waals surface area contributed by atoms with E-state index in [1.54, 1.807) is 13.8 Å². The molecular weight excluding hydrogens is 383 g/mol. The standard InChI is InChI=1S/C17H16ClFN2O4S/c1-8(2)25-16(23)9-6-13(11(19)7-10(9)18)21-15(22)14-12(4-5-26-14)20(3)17(21)24/h6-8H,4-5H2,1-3H3. The third kappa shape index (κ3) is 3.07. The van der Waals surface area contributed by atoms with Crippen molar-refractivity contribution in [3.8, 4) is 5.69 Å². The van der Waals surface area contributed by atoms with Crippen molar-refractivity contribution < 1.29 is 13.9 Å². The van der Waals surface area contributed by atoms with Crippen molar-refractivity contribution in [2.75, 3.05) is 5.75 Å². The molecular formula is C17H16ClFN2O4S. The molecule has 26 heavy (non-hydrogen) atoms. The van der Waals surface area contributed by atoms with Gasteiger partial charge in [-0.05, 0) is 32.4 Å². The fourth-order valence-corrected chi connectivity index (χ4v) is 4.11. The van der Waals surface area contributed by atoms with Crippen LogP contribution < -0.4 is 11.2 Å². The lowest BCUT2D eigenvalue weighted by Crippen LogP contribution is -2.40. The lowest BCUT2D eigenvalue weighted by atomic mass is 10.2. The predicted octanol–water partition coefficient (Wildman–Crippen LogP) is 2.54. The number of hydrogen-bond acceptors (Lipinski definition) is 5. The highest BCUT2D eigenvalue weighted by molar-refractivity contribution is 7.99. The van der Waals surface area contributed by atoms with E-state index in [9.17, 15) is 18.8 Å². The van der Waals surface area contributed by atoms with Gasteiger partial charge in [0, 0.05) is 18.5 Å². The molecule has 0 unspecified atom stereocenters. The van der Waals surface area contributed by atoms with Crippen molar-refractivity contribution >= 4 is 29.3 Å². The summed E-state index contributed by atoms with van der Waals surface area (Å²) in [5.74, 6) is -0.957. The number of hydrogen-bond donors (Lipinski definition) is 0. The molecule has 2 heterocycles. The Hall–Kier alpha value is -2.06. The van der Waals surface area contributed by atoms with E-state index in [2.05, 4.69) is 0 Å². The van der Waals surface area contributed by atoms with Gasteiger partial charge < -0.3 is 4.74 Å². The van der Waals surface area contributed by atoms with Crippen LogP contribution in [-0.2, 0) is 18.2 Å². The highest BCUT2D eigenvalue weighted by atomic mass is 35.5. The third-order valence-corrected chi connectivity index (χ3v) is 5.39. The quantitative estimate of drug-likeness (QED) is 0.743. The maximum atomic E-state index is 14.5. The Morgan fingerprint density at radius 3 is 2.69 bits per heavy atom. The van der Waals surface area contributed by atoms with Crippen LogP contribution in [0.3, 0.4) is 0 Å². The monoisotopic (exact) mass is 398 g/mol. The first-order valence-electron chi connectivity index (χ1n) is 7.90. The number of halogens is 2. The maximum Gasteiger partial charge on any atom is 0.339 e. The van der Waals surface area contributed by atoms with E-state index in [0.29, 0.717) is 22.8 Å². The topological polar surface area (TPSA) is 70.3 Å². The van der Waals surface area contributed by atoms with Crippen LogP contribution in [0.15, 0.2) is 26.6 Å². The van der Waals surface area contributed by atoms with Crippen molar-refractivity contribution in [2.45, 2.75) is 31.3 Å². The van der Waals surface area contributed by atoms with Gasteiger partial charge in [-0.15, -0.1) is 11.8 Å². The molecule has 0 fully saturated rings. The largest absolute Gasteiger partial charge is 0.459 e. The summed E-state index contributed by atoms with van der Waals surface area (Å²) in [4.78, 5) is 38.0. The van der Waals surface area contributed by atoms with E-state index in [-0.39, 0.29) is 16.3 Å². The predicted molar refractivity (Wildman–Crippen MR) is 97.2 cm³/mol. The van der Waals surface area contributed by atoms with Gasteiger partial charge in [-0.1, -0.05) is 11.6 Å². The van der Waals surface area contributed by atoms with E-state index < -0.39 is 29.1 Å². The van der Waals surface area contributed by atoms with Crippen molar-refractivity contribution in [1.29, 1.82) is 0 Å². The Balaban J connectivity index is 2.26. The van der Waals surface area contributed by atoms with Gasteiger partial charge in [0.1, 0.15) is 5.82 Å². The van der Waals surface area contributed by atoms with Crippen molar-refractivity contribution in [3.05, 3.63) is 55.1 Å². The number of nitrogens with zero attached hydrogens (tertiary/aromatic N) is 2. The van der Waals surface area contributed by atoms with E-state index in [0.717, 1.165) is 16.7 Å². The highest BCUT2D eigenvalue weighted by Gasteiger charge is 2.25. The summed E-state index contributed by atoms with van der Waals surface area (Å²) >= 11 is 7.28. The molecule has 0 amide bonds. The van der Waals surface area contributed by atoms with Crippen molar-refractivity contribution in [1.82, 2.24) is 9.13 Å². The van der Waals surface area contributed by atoms with Crippen molar-refractivity contribution in [3.63, 3.8) is 0 Å². The minimum absolute atomic E-state index is 0.112. The fourth-order valence-electron chi connectivity index (χ4n) is 2.76. The van der Waals surface area contributed by atoms with E-state index in [1.807, 2.05) is 0 Å². The second kappa shape index (κ2) is 6.92. The first kappa shape index (κ1) is 18.7. The summed E-state index contributed by atoms with van der Waals surface area (Å²) in [6.45, 7) is 3.32. The molecule has 9 heteroatoms. The lowest BCUT2D eigenvalue weighted by molar-refractivity contribution is 0.0378. The van der Waals surface area contributed by atoms with Crippen LogP contribution in [0.25, 0.3) is 5.69 Å². The van der Waals surface area contributed by atoms with Crippen LogP contribution in [-0.4, -0.2) is 27.0 Å². The number of benzene rings is 1. The molecule has 0 aliphatic carbocycles. The number of carbonyl (C=O) groups is 1. The van der Waals surface area contributed by atoms with Gasteiger partial charge in [0.25, 0.3) is 5.56 Å². The van der Waals surface area contributed by atoms with Crippen molar-refractivity contribution in [2.24, 2.45) is 7.05 Å². The Morgan fingerprint density at radius 2 is 2.04 bits per heavy atom. The molecule has 0 saturated carbocycles. The second-order valence-electron chi connectivity index (χ2n) is 6.09. The van der Waals surface area contributed by atoms with Crippen LogP contribution in [0.4, 0.5) is 4.39 Å². The van der Waals surface area contributed by atoms with E-state index in [4.69, 9.17) is 16.3 Å². The lowest BCUT2D eigenvalue weighted by Gasteiger charge is -2.14. The zero-order valence-electron chi connectivity index (χ0n) is 14.3. The van der Waals surface area contributed by atoms with Gasteiger partial charge in [-0.3, -0.25) is 9.36 Å². The molecule has 6 nitrogen and oxygen atoms in total. The molecule has 0 bridgehead atoms. The number of ether oxygens (including phenoxy) is 1. The second-order valence-corrected chi connectivity index (χ2v) is 7.61. The van der Waals surface area contributed by atoms with Crippen LogP contribution >= 0.6 is 23.4 Å².